The zero-order chi connectivity index (χ0) is 46.3. The molecule has 5 nitrogen and oxygen atoms in total. The van der Waals surface area contributed by atoms with E-state index in [1.165, 1.54) is 135 Å². The van der Waals surface area contributed by atoms with Crippen LogP contribution in [0.2, 0.25) is 0 Å². The Morgan fingerprint density at radius 3 is 1.17 bits per heavy atom. The fourth-order valence-corrected chi connectivity index (χ4v) is 7.36. The first-order valence-electron chi connectivity index (χ1n) is 27.1. The van der Waals surface area contributed by atoms with Crippen LogP contribution in [-0.2, 0) is 23.8 Å². The van der Waals surface area contributed by atoms with Crippen LogP contribution in [0.15, 0.2) is 85.1 Å². The van der Waals surface area contributed by atoms with Gasteiger partial charge in [-0.15, -0.1) is 0 Å². The monoisotopic (exact) mass is 891 g/mol. The molecule has 0 aliphatic heterocycles. The summed E-state index contributed by atoms with van der Waals surface area (Å²) in [6.45, 7) is 7.55. The van der Waals surface area contributed by atoms with Gasteiger partial charge in [0, 0.05) is 19.4 Å². The van der Waals surface area contributed by atoms with Gasteiger partial charge in [0.1, 0.15) is 6.61 Å². The molecule has 1 unspecified atom stereocenters. The van der Waals surface area contributed by atoms with Crippen molar-refractivity contribution in [2.75, 3.05) is 19.8 Å². The third-order valence-electron chi connectivity index (χ3n) is 11.4. The lowest BCUT2D eigenvalue weighted by Crippen LogP contribution is -2.30. The first-order valence-corrected chi connectivity index (χ1v) is 27.1. The first kappa shape index (κ1) is 61.1. The molecule has 0 aromatic carbocycles. The molecule has 1 atom stereocenters. The summed E-state index contributed by atoms with van der Waals surface area (Å²) in [6, 6.07) is 0. The summed E-state index contributed by atoms with van der Waals surface area (Å²) in [5.41, 5.74) is 0. The summed E-state index contributed by atoms with van der Waals surface area (Å²) < 4.78 is 17.4. The van der Waals surface area contributed by atoms with Crippen molar-refractivity contribution in [3.8, 4) is 0 Å². The second kappa shape index (κ2) is 54.4. The summed E-state index contributed by atoms with van der Waals surface area (Å²) in [4.78, 5) is 25.5. The minimum atomic E-state index is -0.574. The maximum atomic E-state index is 12.8. The van der Waals surface area contributed by atoms with Crippen molar-refractivity contribution in [2.24, 2.45) is 0 Å². The van der Waals surface area contributed by atoms with Gasteiger partial charge in [0.2, 0.25) is 0 Å². The zero-order valence-electron chi connectivity index (χ0n) is 42.3. The summed E-state index contributed by atoms with van der Waals surface area (Å²) in [5, 5.41) is 0. The predicted octanol–water partition coefficient (Wildman–Crippen LogP) is 18.5. The van der Waals surface area contributed by atoms with Crippen molar-refractivity contribution in [1.29, 1.82) is 0 Å². The van der Waals surface area contributed by atoms with E-state index in [0.717, 1.165) is 83.5 Å². The highest BCUT2D eigenvalue weighted by molar-refractivity contribution is 5.70. The normalized spacial score (nSPS) is 12.9. The van der Waals surface area contributed by atoms with Crippen molar-refractivity contribution in [3.05, 3.63) is 85.1 Å². The molecule has 0 rings (SSSR count). The molecule has 0 saturated carbocycles. The molecule has 0 radical (unpaired) electrons. The molecule has 0 N–H and O–H groups in total. The third-order valence-corrected chi connectivity index (χ3v) is 11.4. The van der Waals surface area contributed by atoms with Crippen molar-refractivity contribution in [2.45, 2.75) is 258 Å². The van der Waals surface area contributed by atoms with Gasteiger partial charge in [-0.25, -0.2) is 0 Å². The van der Waals surface area contributed by atoms with E-state index in [-0.39, 0.29) is 25.2 Å². The number of allylic oxidation sites excluding steroid dienone is 14. The molecule has 0 heterocycles. The molecule has 0 aliphatic carbocycles. The molecule has 0 amide bonds. The van der Waals surface area contributed by atoms with E-state index in [0.29, 0.717) is 19.4 Å². The van der Waals surface area contributed by atoms with Crippen LogP contribution in [0.5, 0.6) is 0 Å². The molecule has 0 spiro atoms. The number of carbonyl (C=O) groups excluding carboxylic acids is 2. The second-order valence-electron chi connectivity index (χ2n) is 17.7. The van der Waals surface area contributed by atoms with Crippen LogP contribution in [0.4, 0.5) is 0 Å². The van der Waals surface area contributed by atoms with Gasteiger partial charge in [0.25, 0.3) is 0 Å². The minimum absolute atomic E-state index is 0.0549. The van der Waals surface area contributed by atoms with Crippen molar-refractivity contribution < 1.29 is 23.8 Å². The van der Waals surface area contributed by atoms with Crippen molar-refractivity contribution in [1.82, 2.24) is 0 Å². The lowest BCUT2D eigenvalue weighted by Gasteiger charge is -2.18. The highest BCUT2D eigenvalue weighted by Crippen LogP contribution is 2.14. The van der Waals surface area contributed by atoms with Crippen LogP contribution in [0, 0.1) is 0 Å². The van der Waals surface area contributed by atoms with E-state index in [2.05, 4.69) is 106 Å². The summed E-state index contributed by atoms with van der Waals surface area (Å²) >= 11 is 0. The Kier molecular flexibility index (Phi) is 51.9. The average Bonchev–Trinajstić information content (AvgIpc) is 3.30. The van der Waals surface area contributed by atoms with Gasteiger partial charge in [0.05, 0.1) is 6.61 Å². The summed E-state index contributed by atoms with van der Waals surface area (Å²) in [7, 11) is 0. The van der Waals surface area contributed by atoms with Crippen LogP contribution >= 0.6 is 0 Å². The van der Waals surface area contributed by atoms with Gasteiger partial charge in [-0.2, -0.15) is 0 Å². The fraction of sp³-hybridized carbons (Fsp3) is 0.729. The van der Waals surface area contributed by atoms with Crippen LogP contribution in [0.25, 0.3) is 0 Å². The van der Waals surface area contributed by atoms with Gasteiger partial charge in [-0.05, 0) is 109 Å². The molecule has 0 aromatic rings. The van der Waals surface area contributed by atoms with E-state index < -0.39 is 6.10 Å². The van der Waals surface area contributed by atoms with E-state index >= 15 is 0 Å². The minimum Gasteiger partial charge on any atom is -0.462 e. The fourth-order valence-electron chi connectivity index (χ4n) is 7.36. The van der Waals surface area contributed by atoms with E-state index in [4.69, 9.17) is 14.2 Å². The lowest BCUT2D eigenvalue weighted by molar-refractivity contribution is -0.163. The van der Waals surface area contributed by atoms with Crippen molar-refractivity contribution in [3.63, 3.8) is 0 Å². The Bertz CT molecular complexity index is 1190. The Balaban J connectivity index is 4.35. The third kappa shape index (κ3) is 51.7. The number of carbonyl (C=O) groups is 2. The maximum Gasteiger partial charge on any atom is 0.306 e. The molecule has 64 heavy (non-hydrogen) atoms. The highest BCUT2D eigenvalue weighted by Gasteiger charge is 2.17. The number of rotatable bonds is 49. The van der Waals surface area contributed by atoms with Gasteiger partial charge < -0.3 is 14.2 Å². The molecular formula is C59H102O5. The van der Waals surface area contributed by atoms with Crippen LogP contribution in [-0.4, -0.2) is 37.9 Å². The molecule has 0 bridgehead atoms. The number of esters is 2. The van der Waals surface area contributed by atoms with E-state index in [1.807, 2.05) is 0 Å². The molecule has 0 fully saturated rings. The standard InChI is InChI=1S/C59H102O5/c1-4-7-10-13-16-19-22-25-28-30-32-34-37-40-43-46-49-52-58(60)63-56-57(55-62-54-51-48-45-42-39-36-27-24-21-18-15-12-9-6-3)64-59(61)53-50-47-44-41-38-35-33-31-29-26-23-20-17-14-11-8-5-2/h9,12,16,18-19,21,25-29,36,42,45,57H,4-8,10-11,13-15,17,20,22-24,30-35,37-41,43-44,46-56H2,1-3H3/b12-9-,19-16-,21-18-,28-25-,29-26-,36-27-,45-42-. The average molecular weight is 891 g/mol. The largest absolute Gasteiger partial charge is 0.462 e. The highest BCUT2D eigenvalue weighted by atomic mass is 16.6. The van der Waals surface area contributed by atoms with Crippen LogP contribution < -0.4 is 0 Å². The molecule has 0 aromatic heterocycles. The molecule has 0 saturated heterocycles. The van der Waals surface area contributed by atoms with Gasteiger partial charge >= 0.3 is 11.9 Å². The van der Waals surface area contributed by atoms with Gasteiger partial charge in [-0.3, -0.25) is 9.59 Å². The topological polar surface area (TPSA) is 61.8 Å². The quantitative estimate of drug-likeness (QED) is 0.0346. The Labute approximate surface area is 397 Å². The maximum absolute atomic E-state index is 12.8. The Hall–Kier alpha value is -2.92. The molecule has 5 heteroatoms. The Morgan fingerprint density at radius 1 is 0.359 bits per heavy atom. The molecule has 368 valence electrons. The van der Waals surface area contributed by atoms with Crippen LogP contribution in [0.1, 0.15) is 252 Å². The van der Waals surface area contributed by atoms with Gasteiger partial charge in [-0.1, -0.05) is 215 Å². The summed E-state index contributed by atoms with van der Waals surface area (Å²) in [6.07, 6.45) is 71.7. The Morgan fingerprint density at radius 2 is 0.703 bits per heavy atom. The molecular weight excluding hydrogens is 789 g/mol. The number of unbranched alkanes of at least 4 members (excludes halogenated alkanes) is 24. The van der Waals surface area contributed by atoms with E-state index in [1.54, 1.807) is 0 Å². The number of hydrogen-bond donors (Lipinski definition) is 0. The lowest BCUT2D eigenvalue weighted by atomic mass is 10.1. The second-order valence-corrected chi connectivity index (χ2v) is 17.7. The molecule has 0 aliphatic rings. The van der Waals surface area contributed by atoms with Gasteiger partial charge in [0.15, 0.2) is 6.10 Å². The van der Waals surface area contributed by atoms with Crippen LogP contribution in [0.3, 0.4) is 0 Å². The number of hydrogen-bond acceptors (Lipinski definition) is 5. The zero-order valence-corrected chi connectivity index (χ0v) is 42.3. The van der Waals surface area contributed by atoms with Crippen molar-refractivity contribution >= 4 is 11.9 Å². The number of ether oxygens (including phenoxy) is 3. The SMILES string of the molecule is CC/C=C\C/C=C\C/C=C\C/C=C\CCCOCC(COC(=O)CCCCCCCCC/C=C\C/C=C\CCCCC)OC(=O)CCCCCCCCC/C=C\CCCCCCCC. The van der Waals surface area contributed by atoms with E-state index in [9.17, 15) is 9.59 Å². The first-order chi connectivity index (χ1) is 31.6. The predicted molar refractivity (Wildman–Crippen MR) is 279 cm³/mol. The smallest absolute Gasteiger partial charge is 0.306 e. The summed E-state index contributed by atoms with van der Waals surface area (Å²) in [5.74, 6) is -0.439.